The van der Waals surface area contributed by atoms with E-state index in [1.807, 2.05) is 19.1 Å². The number of hydrogen-bond donors (Lipinski definition) is 2. The summed E-state index contributed by atoms with van der Waals surface area (Å²) in [6.45, 7) is 3.59. The lowest BCUT2D eigenvalue weighted by molar-refractivity contribution is -0.119. The van der Waals surface area contributed by atoms with Gasteiger partial charge in [-0.3, -0.25) is 4.79 Å². The fourth-order valence-electron chi connectivity index (χ4n) is 1.94. The highest BCUT2D eigenvalue weighted by Gasteiger charge is 2.16. The summed E-state index contributed by atoms with van der Waals surface area (Å²) < 4.78 is 11.1. The van der Waals surface area contributed by atoms with Crippen LogP contribution in [0.25, 0.3) is 0 Å². The Morgan fingerprint density at radius 2 is 2.11 bits per heavy atom. The molecule has 104 valence electrons. The van der Waals surface area contributed by atoms with Gasteiger partial charge in [0.2, 0.25) is 5.91 Å². The van der Waals surface area contributed by atoms with Crippen molar-refractivity contribution in [3.05, 3.63) is 18.2 Å². The molecule has 0 fully saturated rings. The van der Waals surface area contributed by atoms with Crippen molar-refractivity contribution < 1.29 is 14.3 Å². The van der Waals surface area contributed by atoms with E-state index in [1.165, 1.54) is 0 Å². The summed E-state index contributed by atoms with van der Waals surface area (Å²) in [6.07, 6.45) is 1.59. The first kappa shape index (κ1) is 13.7. The largest absolute Gasteiger partial charge is 0.490 e. The predicted octanol–water partition coefficient (Wildman–Crippen LogP) is 1.77. The van der Waals surface area contributed by atoms with Crippen molar-refractivity contribution in [2.24, 2.45) is 11.7 Å². The molecule has 5 heteroatoms. The minimum absolute atomic E-state index is 0.0560. The summed E-state index contributed by atoms with van der Waals surface area (Å²) in [5, 5.41) is 2.86. The number of hydrogen-bond acceptors (Lipinski definition) is 4. The van der Waals surface area contributed by atoms with Gasteiger partial charge in [0.15, 0.2) is 11.5 Å². The van der Waals surface area contributed by atoms with Gasteiger partial charge in [-0.25, -0.2) is 0 Å². The Bertz CT molecular complexity index is 444. The van der Waals surface area contributed by atoms with Crippen molar-refractivity contribution in [2.45, 2.75) is 19.8 Å². The molecule has 0 bridgehead atoms. The van der Waals surface area contributed by atoms with E-state index in [4.69, 9.17) is 15.2 Å². The molecule has 1 unspecified atom stereocenters. The van der Waals surface area contributed by atoms with E-state index in [-0.39, 0.29) is 11.8 Å². The summed E-state index contributed by atoms with van der Waals surface area (Å²) in [7, 11) is 0. The van der Waals surface area contributed by atoms with Gasteiger partial charge in [-0.1, -0.05) is 6.92 Å². The first-order chi connectivity index (χ1) is 9.24. The second-order valence-electron chi connectivity index (χ2n) is 4.54. The molecule has 0 saturated heterocycles. The van der Waals surface area contributed by atoms with Crippen LogP contribution in [0.2, 0.25) is 0 Å². The van der Waals surface area contributed by atoms with Crippen LogP contribution in [0, 0.1) is 5.92 Å². The van der Waals surface area contributed by atoms with E-state index in [2.05, 4.69) is 5.32 Å². The number of carbonyl (C=O) groups is 1. The van der Waals surface area contributed by atoms with Gasteiger partial charge >= 0.3 is 0 Å². The highest BCUT2D eigenvalue weighted by atomic mass is 16.5. The van der Waals surface area contributed by atoms with E-state index >= 15 is 0 Å². The SMILES string of the molecule is CCC(CN)C(=O)Nc1ccc2c(c1)OCCCO2. The third-order valence-electron chi connectivity index (χ3n) is 3.16. The highest BCUT2D eigenvalue weighted by Crippen LogP contribution is 2.32. The van der Waals surface area contributed by atoms with Crippen LogP contribution in [-0.2, 0) is 4.79 Å². The quantitative estimate of drug-likeness (QED) is 0.869. The lowest BCUT2D eigenvalue weighted by Gasteiger charge is -2.14. The van der Waals surface area contributed by atoms with Crippen LogP contribution in [0.1, 0.15) is 19.8 Å². The number of nitrogens with two attached hydrogens (primary N) is 1. The summed E-state index contributed by atoms with van der Waals surface area (Å²) >= 11 is 0. The van der Waals surface area contributed by atoms with E-state index in [0.717, 1.165) is 18.6 Å². The number of benzene rings is 1. The van der Waals surface area contributed by atoms with Crippen molar-refractivity contribution in [2.75, 3.05) is 25.1 Å². The van der Waals surface area contributed by atoms with E-state index in [0.29, 0.717) is 31.2 Å². The number of fused-ring (bicyclic) bond motifs is 1. The fourth-order valence-corrected chi connectivity index (χ4v) is 1.94. The molecule has 1 atom stereocenters. The first-order valence-electron chi connectivity index (χ1n) is 6.65. The van der Waals surface area contributed by atoms with Crippen molar-refractivity contribution in [1.82, 2.24) is 0 Å². The van der Waals surface area contributed by atoms with Crippen LogP contribution in [-0.4, -0.2) is 25.7 Å². The van der Waals surface area contributed by atoms with Gasteiger partial charge in [-0.2, -0.15) is 0 Å². The zero-order valence-electron chi connectivity index (χ0n) is 11.1. The second-order valence-corrected chi connectivity index (χ2v) is 4.54. The molecule has 3 N–H and O–H groups in total. The van der Waals surface area contributed by atoms with Gasteiger partial charge in [-0.05, 0) is 18.6 Å². The molecule has 1 amide bonds. The number of rotatable bonds is 4. The van der Waals surface area contributed by atoms with Gasteiger partial charge in [0.25, 0.3) is 0 Å². The Hall–Kier alpha value is -1.75. The number of ether oxygens (including phenoxy) is 2. The number of amides is 1. The maximum Gasteiger partial charge on any atom is 0.228 e. The van der Waals surface area contributed by atoms with E-state index in [1.54, 1.807) is 6.07 Å². The van der Waals surface area contributed by atoms with Gasteiger partial charge < -0.3 is 20.5 Å². The summed E-state index contributed by atoms with van der Waals surface area (Å²) in [4.78, 5) is 11.9. The third-order valence-corrected chi connectivity index (χ3v) is 3.16. The summed E-state index contributed by atoms with van der Waals surface area (Å²) in [5.41, 5.74) is 6.27. The molecule has 0 aliphatic carbocycles. The molecule has 1 heterocycles. The first-order valence-corrected chi connectivity index (χ1v) is 6.65. The lowest BCUT2D eigenvalue weighted by atomic mass is 10.1. The normalized spacial score (nSPS) is 15.5. The Morgan fingerprint density at radius 1 is 1.37 bits per heavy atom. The average Bonchev–Trinajstić information content (AvgIpc) is 2.64. The monoisotopic (exact) mass is 264 g/mol. The van der Waals surface area contributed by atoms with Crippen molar-refractivity contribution in [1.29, 1.82) is 0 Å². The fraction of sp³-hybridized carbons (Fsp3) is 0.500. The molecular formula is C14H20N2O3. The van der Waals surface area contributed by atoms with Crippen molar-refractivity contribution in [3.63, 3.8) is 0 Å². The standard InChI is InChI=1S/C14H20N2O3/c1-2-10(9-15)14(17)16-11-4-5-12-13(8-11)19-7-3-6-18-12/h4-5,8,10H,2-3,6-7,9,15H2,1H3,(H,16,17). The van der Waals surface area contributed by atoms with Gasteiger partial charge in [0.05, 0.1) is 19.1 Å². The third kappa shape index (κ3) is 3.38. The number of carbonyl (C=O) groups excluding carboxylic acids is 1. The predicted molar refractivity (Wildman–Crippen MR) is 73.5 cm³/mol. The van der Waals surface area contributed by atoms with Crippen LogP contribution in [0.15, 0.2) is 18.2 Å². The smallest absolute Gasteiger partial charge is 0.228 e. The Morgan fingerprint density at radius 3 is 2.79 bits per heavy atom. The Balaban J connectivity index is 2.09. The molecule has 0 radical (unpaired) electrons. The molecule has 0 saturated carbocycles. The molecular weight excluding hydrogens is 244 g/mol. The molecule has 1 aromatic rings. The van der Waals surface area contributed by atoms with Crippen molar-refractivity contribution in [3.8, 4) is 11.5 Å². The lowest BCUT2D eigenvalue weighted by Crippen LogP contribution is -2.28. The van der Waals surface area contributed by atoms with Gasteiger partial charge in [0.1, 0.15) is 0 Å². The van der Waals surface area contributed by atoms with Gasteiger partial charge in [0, 0.05) is 24.7 Å². The Kier molecular flexibility index (Phi) is 4.63. The zero-order chi connectivity index (χ0) is 13.7. The molecule has 5 nitrogen and oxygen atoms in total. The minimum Gasteiger partial charge on any atom is -0.490 e. The number of anilines is 1. The highest BCUT2D eigenvalue weighted by molar-refractivity contribution is 5.93. The molecule has 1 aliphatic rings. The molecule has 0 spiro atoms. The topological polar surface area (TPSA) is 73.6 Å². The molecule has 19 heavy (non-hydrogen) atoms. The van der Waals surface area contributed by atoms with Crippen LogP contribution in [0.4, 0.5) is 5.69 Å². The minimum atomic E-state index is -0.157. The molecule has 0 aromatic heterocycles. The van der Waals surface area contributed by atoms with Crippen molar-refractivity contribution >= 4 is 11.6 Å². The zero-order valence-corrected chi connectivity index (χ0v) is 11.1. The average molecular weight is 264 g/mol. The van der Waals surface area contributed by atoms with Crippen LogP contribution >= 0.6 is 0 Å². The van der Waals surface area contributed by atoms with Crippen LogP contribution < -0.4 is 20.5 Å². The van der Waals surface area contributed by atoms with Gasteiger partial charge in [-0.15, -0.1) is 0 Å². The summed E-state index contributed by atoms with van der Waals surface area (Å²) in [5.74, 6) is 1.19. The van der Waals surface area contributed by atoms with Crippen LogP contribution in [0.5, 0.6) is 11.5 Å². The summed E-state index contributed by atoms with van der Waals surface area (Å²) in [6, 6.07) is 5.43. The molecule has 2 rings (SSSR count). The van der Waals surface area contributed by atoms with Crippen LogP contribution in [0.3, 0.4) is 0 Å². The maximum atomic E-state index is 11.9. The molecule has 1 aromatic carbocycles. The maximum absolute atomic E-state index is 11.9. The Labute approximate surface area is 113 Å². The van der Waals surface area contributed by atoms with E-state index < -0.39 is 0 Å². The second kappa shape index (κ2) is 6.43. The number of nitrogens with one attached hydrogen (secondary N) is 1. The molecule has 1 aliphatic heterocycles. The van der Waals surface area contributed by atoms with E-state index in [9.17, 15) is 4.79 Å².